The number of rotatable bonds is 6. The Kier molecular flexibility index (Phi) is 5.43. The summed E-state index contributed by atoms with van der Waals surface area (Å²) < 4.78 is 0. The summed E-state index contributed by atoms with van der Waals surface area (Å²) in [6, 6.07) is 0. The molecule has 0 spiro atoms. The maximum Gasteiger partial charge on any atom is -0.0130 e. The average Bonchev–Trinajstić information content (AvgIpc) is 2.28. The topological polar surface area (TPSA) is 0 Å². The summed E-state index contributed by atoms with van der Waals surface area (Å²) >= 11 is 0. The van der Waals surface area contributed by atoms with Crippen LogP contribution in [0, 0.1) is 17.8 Å². The molecule has 0 aromatic carbocycles. The predicted molar refractivity (Wildman–Crippen MR) is 84.3 cm³/mol. The van der Waals surface area contributed by atoms with E-state index < -0.39 is 0 Å². The smallest absolute Gasteiger partial charge is 0.0130 e. The van der Waals surface area contributed by atoms with Gasteiger partial charge in [0, 0.05) is 0 Å². The third-order valence-corrected chi connectivity index (χ3v) is 10.7. The highest BCUT2D eigenvalue weighted by Gasteiger charge is 2.43. The molecular formula is C16H34S. The van der Waals surface area contributed by atoms with E-state index in [0.29, 0.717) is 0 Å². The maximum absolute atomic E-state index is 2.63. The fourth-order valence-corrected chi connectivity index (χ4v) is 7.82. The van der Waals surface area contributed by atoms with Crippen molar-refractivity contribution in [3.8, 4) is 0 Å². The predicted octanol–water partition coefficient (Wildman–Crippen LogP) is 5.31. The fourth-order valence-electron chi connectivity index (χ4n) is 3.86. The first-order valence-corrected chi connectivity index (χ1v) is 9.94. The van der Waals surface area contributed by atoms with E-state index in [4.69, 9.17) is 0 Å². The van der Waals surface area contributed by atoms with E-state index in [1.165, 1.54) is 19.3 Å². The highest BCUT2D eigenvalue weighted by molar-refractivity contribution is 8.35. The van der Waals surface area contributed by atoms with E-state index in [-0.39, 0.29) is 10.0 Å². The summed E-state index contributed by atoms with van der Waals surface area (Å²) in [5, 5.41) is 2.05. The minimum Gasteiger partial charge on any atom is -0.238 e. The van der Waals surface area contributed by atoms with Crippen LogP contribution in [0.3, 0.4) is 0 Å². The minimum absolute atomic E-state index is 0.296. The van der Waals surface area contributed by atoms with Crippen LogP contribution < -0.4 is 0 Å². The molecule has 0 bridgehead atoms. The molecule has 1 saturated heterocycles. The quantitative estimate of drug-likeness (QED) is 0.605. The molecule has 0 aliphatic carbocycles. The SMILES string of the molecule is CCC(CS1(C)C(C)CC1C)C(CC)C(C)C. The van der Waals surface area contributed by atoms with E-state index in [9.17, 15) is 0 Å². The Morgan fingerprint density at radius 1 is 1.06 bits per heavy atom. The van der Waals surface area contributed by atoms with Gasteiger partial charge in [0.1, 0.15) is 0 Å². The molecule has 0 nitrogen and oxygen atoms in total. The molecule has 1 heterocycles. The molecule has 0 amide bonds. The van der Waals surface area contributed by atoms with Crippen molar-refractivity contribution in [2.24, 2.45) is 17.8 Å². The first-order chi connectivity index (χ1) is 7.86. The fraction of sp³-hybridized carbons (Fsp3) is 1.00. The second kappa shape index (κ2) is 5.99. The van der Waals surface area contributed by atoms with Gasteiger partial charge in [0.05, 0.1) is 0 Å². The minimum atomic E-state index is -0.296. The lowest BCUT2D eigenvalue weighted by Crippen LogP contribution is -2.42. The first-order valence-electron chi connectivity index (χ1n) is 7.60. The van der Waals surface area contributed by atoms with Gasteiger partial charge in [0.2, 0.25) is 0 Å². The molecule has 0 aromatic heterocycles. The third-order valence-electron chi connectivity index (χ3n) is 5.53. The Balaban J connectivity index is 2.69. The van der Waals surface area contributed by atoms with E-state index in [1.54, 1.807) is 5.75 Å². The largest absolute Gasteiger partial charge is 0.238 e. The van der Waals surface area contributed by atoms with E-state index in [0.717, 1.165) is 28.3 Å². The van der Waals surface area contributed by atoms with Crippen molar-refractivity contribution in [3.63, 3.8) is 0 Å². The van der Waals surface area contributed by atoms with Crippen LogP contribution in [0.15, 0.2) is 0 Å². The van der Waals surface area contributed by atoms with Crippen molar-refractivity contribution < 1.29 is 0 Å². The second-order valence-corrected chi connectivity index (χ2v) is 11.1. The average molecular weight is 259 g/mol. The molecule has 4 atom stereocenters. The lowest BCUT2D eigenvalue weighted by molar-refractivity contribution is 0.258. The Morgan fingerprint density at radius 3 is 1.88 bits per heavy atom. The van der Waals surface area contributed by atoms with Crippen molar-refractivity contribution in [1.29, 1.82) is 0 Å². The van der Waals surface area contributed by atoms with E-state index >= 15 is 0 Å². The van der Waals surface area contributed by atoms with Gasteiger partial charge in [-0.15, -0.1) is 0 Å². The van der Waals surface area contributed by atoms with Crippen molar-refractivity contribution in [3.05, 3.63) is 0 Å². The lowest BCUT2D eigenvalue weighted by atomic mass is 9.81. The zero-order valence-electron chi connectivity index (χ0n) is 13.1. The molecule has 4 unspecified atom stereocenters. The molecule has 1 rings (SSSR count). The van der Waals surface area contributed by atoms with E-state index in [2.05, 4.69) is 47.8 Å². The second-order valence-electron chi connectivity index (χ2n) is 6.74. The lowest BCUT2D eigenvalue weighted by Gasteiger charge is -2.59. The summed E-state index contributed by atoms with van der Waals surface area (Å²) in [6.45, 7) is 14.6. The number of hydrogen-bond donors (Lipinski definition) is 0. The van der Waals surface area contributed by atoms with Crippen LogP contribution in [-0.4, -0.2) is 22.5 Å². The van der Waals surface area contributed by atoms with Gasteiger partial charge < -0.3 is 0 Å². The monoisotopic (exact) mass is 258 g/mol. The van der Waals surface area contributed by atoms with Gasteiger partial charge in [-0.1, -0.05) is 54.4 Å². The zero-order chi connectivity index (χ0) is 13.2. The Hall–Kier alpha value is 0.350. The van der Waals surface area contributed by atoms with E-state index in [1.807, 2.05) is 0 Å². The summed E-state index contributed by atoms with van der Waals surface area (Å²) in [7, 11) is -0.296. The first kappa shape index (κ1) is 15.4. The van der Waals surface area contributed by atoms with Crippen LogP contribution in [0.5, 0.6) is 0 Å². The molecule has 1 fully saturated rings. The van der Waals surface area contributed by atoms with Crippen molar-refractivity contribution >= 4 is 10.0 Å². The Labute approximate surface area is 111 Å². The van der Waals surface area contributed by atoms with Crippen LogP contribution in [-0.2, 0) is 0 Å². The van der Waals surface area contributed by atoms with Gasteiger partial charge >= 0.3 is 0 Å². The molecule has 0 aromatic rings. The van der Waals surface area contributed by atoms with Gasteiger partial charge in [-0.2, -0.15) is 0 Å². The Bertz CT molecular complexity index is 226. The maximum atomic E-state index is 2.63. The van der Waals surface area contributed by atoms with Crippen LogP contribution in [0.1, 0.15) is 60.8 Å². The highest BCUT2D eigenvalue weighted by atomic mass is 32.3. The van der Waals surface area contributed by atoms with Crippen molar-refractivity contribution in [1.82, 2.24) is 0 Å². The molecule has 17 heavy (non-hydrogen) atoms. The molecule has 0 N–H and O–H groups in total. The van der Waals surface area contributed by atoms with Gasteiger partial charge in [-0.05, 0) is 46.7 Å². The van der Waals surface area contributed by atoms with Crippen LogP contribution in [0.4, 0.5) is 0 Å². The molecule has 1 heteroatoms. The molecule has 1 aliphatic rings. The number of hydrogen-bond acceptors (Lipinski definition) is 0. The highest BCUT2D eigenvalue weighted by Crippen LogP contribution is 2.66. The summed E-state index contributed by atoms with van der Waals surface area (Å²) in [6.07, 6.45) is 6.87. The molecule has 1 aliphatic heterocycles. The molecule has 0 saturated carbocycles. The molecular weight excluding hydrogens is 224 g/mol. The van der Waals surface area contributed by atoms with Crippen molar-refractivity contribution in [2.45, 2.75) is 71.3 Å². The van der Waals surface area contributed by atoms with Crippen molar-refractivity contribution in [2.75, 3.05) is 12.0 Å². The summed E-state index contributed by atoms with van der Waals surface area (Å²) in [4.78, 5) is 0. The van der Waals surface area contributed by atoms with Crippen LogP contribution in [0.2, 0.25) is 0 Å². The zero-order valence-corrected chi connectivity index (χ0v) is 13.9. The van der Waals surface area contributed by atoms with Gasteiger partial charge in [0.15, 0.2) is 0 Å². The van der Waals surface area contributed by atoms with Crippen LogP contribution >= 0.6 is 10.0 Å². The molecule has 104 valence electrons. The third kappa shape index (κ3) is 3.03. The Morgan fingerprint density at radius 2 is 1.59 bits per heavy atom. The van der Waals surface area contributed by atoms with Gasteiger partial charge in [-0.25, -0.2) is 10.0 Å². The molecule has 0 radical (unpaired) electrons. The standard InChI is InChI=1S/C16H34S/c1-8-15(16(9-2)12(3)4)11-17(7)13(5)10-14(17)6/h12-16H,8-11H2,1-7H3. The van der Waals surface area contributed by atoms with Gasteiger partial charge in [0.25, 0.3) is 0 Å². The van der Waals surface area contributed by atoms with Gasteiger partial charge in [-0.3, -0.25) is 0 Å². The normalized spacial score (nSPS) is 40.5. The summed E-state index contributed by atoms with van der Waals surface area (Å²) in [5.41, 5.74) is 0. The summed E-state index contributed by atoms with van der Waals surface area (Å²) in [5.74, 6) is 4.33. The van der Waals surface area contributed by atoms with Crippen LogP contribution in [0.25, 0.3) is 0 Å².